The molecule has 3 saturated heterocycles. The smallest absolute Gasteiger partial charge is 0.319 e. The summed E-state index contributed by atoms with van der Waals surface area (Å²) >= 11 is 0. The van der Waals surface area contributed by atoms with Gasteiger partial charge in [0.05, 0.1) is 25.1 Å². The number of pyridine rings is 2. The molecule has 3 aromatic carbocycles. The Balaban J connectivity index is 1.14. The van der Waals surface area contributed by atoms with Crippen LogP contribution in [0, 0.1) is 17.6 Å². The van der Waals surface area contributed by atoms with Gasteiger partial charge in [-0.25, -0.2) is 18.2 Å². The molecule has 0 unspecified atom stereocenters. The normalized spacial score (nSPS) is 19.3. The average Bonchev–Trinajstić information content (AvgIpc) is 3.79. The second kappa shape index (κ2) is 17.1. The van der Waals surface area contributed by atoms with E-state index >= 15 is 8.78 Å². The van der Waals surface area contributed by atoms with Crippen LogP contribution in [0.15, 0.2) is 79.0 Å². The van der Waals surface area contributed by atoms with Crippen LogP contribution in [0.4, 0.5) is 24.8 Å². The van der Waals surface area contributed by atoms with Gasteiger partial charge < -0.3 is 24.0 Å². The number of hydrogen-bond acceptors (Lipinski definition) is 11. The SMILES string of the molecule is COc1ccc(CN(Cc2ccc(OC)cc2)c2cc3cccc(F)c3c(-c3ncc4c(N(C)CC5CN(C(C)(C)C)C5)nc(OC[C@@]56CCCN5C[C@H](F)C6)nc4c3F)n2)cc1. The average molecular weight is 861 g/mol. The molecule has 6 heterocycles. The van der Waals surface area contributed by atoms with Crippen LogP contribution in [-0.4, -0.2) is 108 Å². The summed E-state index contributed by atoms with van der Waals surface area (Å²) in [6.45, 7) is 11.4. The number of fused-ring (bicyclic) bond motifs is 3. The van der Waals surface area contributed by atoms with Crippen molar-refractivity contribution in [2.75, 3.05) is 70.4 Å². The topological polar surface area (TPSA) is 92.2 Å². The summed E-state index contributed by atoms with van der Waals surface area (Å²) in [7, 11) is 5.19. The van der Waals surface area contributed by atoms with Crippen molar-refractivity contribution in [3.05, 3.63) is 102 Å². The van der Waals surface area contributed by atoms with Crippen molar-refractivity contribution >= 4 is 33.3 Å². The van der Waals surface area contributed by atoms with Crippen LogP contribution >= 0.6 is 0 Å². The molecule has 63 heavy (non-hydrogen) atoms. The molecule has 0 bridgehead atoms. The molecule has 11 nitrogen and oxygen atoms in total. The Morgan fingerprint density at radius 1 is 0.857 bits per heavy atom. The molecule has 2 atom stereocenters. The lowest BCUT2D eigenvalue weighted by molar-refractivity contribution is 0.0178. The third-order valence-corrected chi connectivity index (χ3v) is 13.1. The van der Waals surface area contributed by atoms with Crippen LogP contribution in [0.1, 0.15) is 51.2 Å². The molecule has 3 aromatic heterocycles. The van der Waals surface area contributed by atoms with Gasteiger partial charge in [-0.15, -0.1) is 0 Å². The van der Waals surface area contributed by atoms with Gasteiger partial charge in [-0.3, -0.25) is 14.8 Å². The summed E-state index contributed by atoms with van der Waals surface area (Å²) in [5, 5.41) is 1.07. The molecule has 6 aromatic rings. The number of halogens is 3. The minimum Gasteiger partial charge on any atom is -0.497 e. The maximum atomic E-state index is 17.6. The number of rotatable bonds is 14. The lowest BCUT2D eigenvalue weighted by atomic mass is 9.92. The molecular formula is C49H55F3N8O3. The second-order valence-corrected chi connectivity index (χ2v) is 18.4. The van der Waals surface area contributed by atoms with Gasteiger partial charge in [0.2, 0.25) is 0 Å². The Kier molecular flexibility index (Phi) is 11.6. The summed E-state index contributed by atoms with van der Waals surface area (Å²) in [5.74, 6) is 1.47. The highest BCUT2D eigenvalue weighted by Crippen LogP contribution is 2.42. The van der Waals surface area contributed by atoms with Crippen LogP contribution in [0.3, 0.4) is 0 Å². The number of hydrogen-bond donors (Lipinski definition) is 0. The van der Waals surface area contributed by atoms with Crippen molar-refractivity contribution in [3.63, 3.8) is 0 Å². The van der Waals surface area contributed by atoms with E-state index in [0.29, 0.717) is 60.9 Å². The molecule has 3 aliphatic heterocycles. The molecule has 0 radical (unpaired) electrons. The lowest BCUT2D eigenvalue weighted by Crippen LogP contribution is -2.58. The molecule has 3 aliphatic rings. The largest absolute Gasteiger partial charge is 0.497 e. The number of alkyl halides is 1. The zero-order valence-corrected chi connectivity index (χ0v) is 36.9. The Hall–Kier alpha value is -5.73. The quantitative estimate of drug-likeness (QED) is 0.105. The second-order valence-electron chi connectivity index (χ2n) is 18.4. The Labute approximate surface area is 366 Å². The number of ether oxygens (including phenoxy) is 3. The molecule has 0 N–H and O–H groups in total. The van der Waals surface area contributed by atoms with Gasteiger partial charge >= 0.3 is 6.01 Å². The van der Waals surface area contributed by atoms with E-state index in [-0.39, 0.29) is 40.4 Å². The third-order valence-electron chi connectivity index (χ3n) is 13.1. The first kappa shape index (κ1) is 42.6. The van der Waals surface area contributed by atoms with Crippen molar-refractivity contribution in [1.82, 2.24) is 29.7 Å². The monoisotopic (exact) mass is 860 g/mol. The zero-order chi connectivity index (χ0) is 44.0. The van der Waals surface area contributed by atoms with E-state index in [1.54, 1.807) is 32.5 Å². The Morgan fingerprint density at radius 2 is 1.54 bits per heavy atom. The van der Waals surface area contributed by atoms with E-state index in [0.717, 1.165) is 55.1 Å². The maximum absolute atomic E-state index is 17.6. The molecule has 3 fully saturated rings. The lowest BCUT2D eigenvalue weighted by Gasteiger charge is -2.48. The maximum Gasteiger partial charge on any atom is 0.319 e. The molecule has 0 saturated carbocycles. The van der Waals surface area contributed by atoms with E-state index < -0.39 is 23.3 Å². The summed E-state index contributed by atoms with van der Waals surface area (Å²) in [6.07, 6.45) is 2.75. The first-order valence-corrected chi connectivity index (χ1v) is 21.8. The fourth-order valence-corrected chi connectivity index (χ4v) is 9.60. The van der Waals surface area contributed by atoms with E-state index in [1.807, 2.05) is 66.5 Å². The minimum absolute atomic E-state index is 0.00299. The fourth-order valence-electron chi connectivity index (χ4n) is 9.60. The number of anilines is 2. The molecule has 0 spiro atoms. The number of benzene rings is 3. The summed E-state index contributed by atoms with van der Waals surface area (Å²) < 4.78 is 65.7. The van der Waals surface area contributed by atoms with Crippen molar-refractivity contribution in [2.24, 2.45) is 5.92 Å². The van der Waals surface area contributed by atoms with Gasteiger partial charge in [-0.1, -0.05) is 36.4 Å². The first-order chi connectivity index (χ1) is 30.3. The summed E-state index contributed by atoms with van der Waals surface area (Å²) in [6, 6.07) is 22.1. The van der Waals surface area contributed by atoms with Crippen molar-refractivity contribution in [3.8, 4) is 28.9 Å². The van der Waals surface area contributed by atoms with Gasteiger partial charge in [-0.2, -0.15) is 9.97 Å². The number of aromatic nitrogens is 4. The summed E-state index contributed by atoms with van der Waals surface area (Å²) in [4.78, 5) is 28.0. The Morgan fingerprint density at radius 3 is 2.19 bits per heavy atom. The third kappa shape index (κ3) is 8.54. The van der Waals surface area contributed by atoms with Gasteiger partial charge in [0, 0.05) is 75.8 Å². The van der Waals surface area contributed by atoms with Crippen LogP contribution in [0.25, 0.3) is 33.1 Å². The number of methoxy groups -OCH3 is 2. The highest BCUT2D eigenvalue weighted by atomic mass is 19.1. The molecule has 9 rings (SSSR count). The number of nitrogens with zero attached hydrogens (tertiary/aromatic N) is 8. The number of likely N-dealkylation sites (tertiary alicyclic amines) is 1. The molecule has 0 aliphatic carbocycles. The van der Waals surface area contributed by atoms with E-state index in [2.05, 4.69) is 35.5 Å². The molecule has 14 heteroatoms. The first-order valence-electron chi connectivity index (χ1n) is 21.8. The van der Waals surface area contributed by atoms with Crippen LogP contribution in [-0.2, 0) is 13.1 Å². The van der Waals surface area contributed by atoms with Gasteiger partial charge in [-0.05, 0) is 93.1 Å². The van der Waals surface area contributed by atoms with Crippen LogP contribution in [0.2, 0.25) is 0 Å². The van der Waals surface area contributed by atoms with Crippen LogP contribution in [0.5, 0.6) is 17.5 Å². The minimum atomic E-state index is -0.934. The Bertz CT molecular complexity index is 2550. The zero-order valence-electron chi connectivity index (χ0n) is 36.9. The molecule has 330 valence electrons. The predicted molar refractivity (Wildman–Crippen MR) is 240 cm³/mol. The standard InChI is InChI=1S/C49H55F3N8O3/c1-48(2,3)60-27-33(28-60)24-57(4)46-38-23-53-45(42(52)43(38)55-47(56-46)63-30-49-19-8-20-59(49)29-35(50)22-49)44-41-34(9-7-10-39(41)51)21-40(54-44)58(25-31-11-15-36(61-5)16-12-31)26-32-13-17-37(62-6)18-14-32/h7,9-18,21,23,33,35H,8,19-20,22,24-30H2,1-6H3/t35-,49+/m1/s1. The highest BCUT2D eigenvalue weighted by molar-refractivity contribution is 5.99. The molecular weight excluding hydrogens is 806 g/mol. The van der Waals surface area contributed by atoms with Crippen molar-refractivity contribution in [2.45, 2.75) is 70.4 Å². The van der Waals surface area contributed by atoms with E-state index in [4.69, 9.17) is 34.1 Å². The van der Waals surface area contributed by atoms with Gasteiger partial charge in [0.25, 0.3) is 0 Å². The van der Waals surface area contributed by atoms with E-state index in [1.165, 1.54) is 6.07 Å². The molecule has 0 amide bonds. The predicted octanol–water partition coefficient (Wildman–Crippen LogP) is 8.86. The van der Waals surface area contributed by atoms with Gasteiger partial charge in [0.1, 0.15) is 58.6 Å². The van der Waals surface area contributed by atoms with Crippen molar-refractivity contribution < 1.29 is 27.4 Å². The fraction of sp³-hybridized carbons (Fsp3) is 0.429. The van der Waals surface area contributed by atoms with Crippen molar-refractivity contribution in [1.29, 1.82) is 0 Å². The summed E-state index contributed by atoms with van der Waals surface area (Å²) in [5.41, 5.74) is 1.44. The van der Waals surface area contributed by atoms with Gasteiger partial charge in [0.15, 0.2) is 5.82 Å². The van der Waals surface area contributed by atoms with Crippen LogP contribution < -0.4 is 24.0 Å². The van der Waals surface area contributed by atoms with E-state index in [9.17, 15) is 4.39 Å². The highest BCUT2D eigenvalue weighted by Gasteiger charge is 2.49.